The lowest BCUT2D eigenvalue weighted by atomic mass is 10.4. The average Bonchev–Trinajstić information content (AvgIpc) is 2.01. The van der Waals surface area contributed by atoms with Gasteiger partial charge in [0.2, 0.25) is 0 Å². The summed E-state index contributed by atoms with van der Waals surface area (Å²) >= 11 is 0. The molecule has 0 atom stereocenters. The number of hydrogen-bond donors (Lipinski definition) is 2. The van der Waals surface area contributed by atoms with Gasteiger partial charge in [0.05, 0.1) is 12.7 Å². The van der Waals surface area contributed by atoms with Gasteiger partial charge in [-0.05, 0) is 13.8 Å². The smallest absolute Gasteiger partial charge is 0.328 e. The second kappa shape index (κ2) is 7.76. The third-order valence-electron chi connectivity index (χ3n) is 1.25. The number of aliphatic carboxylic acids is 1. The molecule has 0 bridgehead atoms. The van der Waals surface area contributed by atoms with Crippen LogP contribution in [-0.4, -0.2) is 36.9 Å². The van der Waals surface area contributed by atoms with Gasteiger partial charge >= 0.3 is 5.97 Å². The molecular formula is C9H17NO3. The second-order valence-corrected chi connectivity index (χ2v) is 2.86. The molecule has 2 N–H and O–H groups in total. The summed E-state index contributed by atoms with van der Waals surface area (Å²) in [6.45, 7) is 5.91. The van der Waals surface area contributed by atoms with Crippen LogP contribution in [-0.2, 0) is 9.53 Å². The molecule has 4 nitrogen and oxygen atoms in total. The summed E-state index contributed by atoms with van der Waals surface area (Å²) in [5.74, 6) is -0.916. The summed E-state index contributed by atoms with van der Waals surface area (Å²) in [4.78, 5) is 10.0. The van der Waals surface area contributed by atoms with Crippen LogP contribution in [0.1, 0.15) is 13.8 Å². The topological polar surface area (TPSA) is 58.6 Å². The molecule has 13 heavy (non-hydrogen) atoms. The molecule has 0 aromatic carbocycles. The van der Waals surface area contributed by atoms with E-state index in [4.69, 9.17) is 9.84 Å². The lowest BCUT2D eigenvalue weighted by molar-refractivity contribution is -0.131. The Balaban J connectivity index is 3.13. The van der Waals surface area contributed by atoms with Gasteiger partial charge in [0.15, 0.2) is 0 Å². The Labute approximate surface area is 78.6 Å². The predicted octanol–water partition coefficient (Wildman–Crippen LogP) is 0.642. The SMILES string of the molecule is CC(C)OCCNC/C=C/C(=O)O. The third-order valence-corrected chi connectivity index (χ3v) is 1.25. The number of carboxylic acid groups (broad SMARTS) is 1. The zero-order valence-electron chi connectivity index (χ0n) is 8.12. The maximum absolute atomic E-state index is 10.0. The average molecular weight is 187 g/mol. The van der Waals surface area contributed by atoms with Crippen molar-refractivity contribution < 1.29 is 14.6 Å². The number of carboxylic acids is 1. The van der Waals surface area contributed by atoms with Crippen LogP contribution in [0.3, 0.4) is 0 Å². The fraction of sp³-hybridized carbons (Fsp3) is 0.667. The van der Waals surface area contributed by atoms with Gasteiger partial charge in [-0.2, -0.15) is 0 Å². The maximum Gasteiger partial charge on any atom is 0.328 e. The van der Waals surface area contributed by atoms with Crippen LogP contribution in [0.15, 0.2) is 12.2 Å². The van der Waals surface area contributed by atoms with E-state index < -0.39 is 5.97 Å². The van der Waals surface area contributed by atoms with E-state index in [0.717, 1.165) is 12.6 Å². The first-order chi connectivity index (χ1) is 6.13. The largest absolute Gasteiger partial charge is 0.478 e. The summed E-state index contributed by atoms with van der Waals surface area (Å²) in [6, 6.07) is 0. The second-order valence-electron chi connectivity index (χ2n) is 2.86. The molecule has 0 aliphatic heterocycles. The van der Waals surface area contributed by atoms with E-state index in [9.17, 15) is 4.79 Å². The van der Waals surface area contributed by atoms with Crippen molar-refractivity contribution in [2.24, 2.45) is 0 Å². The summed E-state index contributed by atoms with van der Waals surface area (Å²) < 4.78 is 5.27. The van der Waals surface area contributed by atoms with Crippen molar-refractivity contribution in [3.8, 4) is 0 Å². The Hall–Kier alpha value is -0.870. The maximum atomic E-state index is 10.0. The molecule has 0 fully saturated rings. The molecule has 76 valence electrons. The quantitative estimate of drug-likeness (QED) is 0.453. The van der Waals surface area contributed by atoms with E-state index in [1.165, 1.54) is 0 Å². The van der Waals surface area contributed by atoms with Gasteiger partial charge in [0.1, 0.15) is 0 Å². The van der Waals surface area contributed by atoms with Crippen molar-refractivity contribution in [2.45, 2.75) is 20.0 Å². The van der Waals surface area contributed by atoms with Gasteiger partial charge < -0.3 is 15.2 Å². The number of hydrogen-bond acceptors (Lipinski definition) is 3. The van der Waals surface area contributed by atoms with E-state index >= 15 is 0 Å². The molecule has 0 spiro atoms. The van der Waals surface area contributed by atoms with Crippen LogP contribution in [0.4, 0.5) is 0 Å². The Kier molecular flexibility index (Phi) is 7.24. The first-order valence-electron chi connectivity index (χ1n) is 4.34. The molecule has 0 heterocycles. The highest BCUT2D eigenvalue weighted by molar-refractivity contribution is 5.79. The molecular weight excluding hydrogens is 170 g/mol. The number of carbonyl (C=O) groups is 1. The van der Waals surface area contributed by atoms with E-state index in [1.807, 2.05) is 13.8 Å². The first-order valence-corrected chi connectivity index (χ1v) is 4.34. The van der Waals surface area contributed by atoms with Gasteiger partial charge in [0.25, 0.3) is 0 Å². The Bertz CT molecular complexity index is 166. The number of nitrogens with one attached hydrogen (secondary N) is 1. The first kappa shape index (κ1) is 12.1. The monoisotopic (exact) mass is 187 g/mol. The summed E-state index contributed by atoms with van der Waals surface area (Å²) in [7, 11) is 0. The van der Waals surface area contributed by atoms with Gasteiger partial charge in [-0.15, -0.1) is 0 Å². The number of ether oxygens (including phenoxy) is 1. The highest BCUT2D eigenvalue weighted by atomic mass is 16.5. The molecule has 0 unspecified atom stereocenters. The van der Waals surface area contributed by atoms with E-state index in [0.29, 0.717) is 13.2 Å². The standard InChI is InChI=1S/C9H17NO3/c1-8(2)13-7-6-10-5-3-4-9(11)12/h3-4,8,10H,5-7H2,1-2H3,(H,11,12)/b4-3+. The van der Waals surface area contributed by atoms with Crippen molar-refractivity contribution >= 4 is 5.97 Å². The third kappa shape index (κ3) is 11.1. The Morgan fingerprint density at radius 2 is 2.31 bits per heavy atom. The summed E-state index contributed by atoms with van der Waals surface area (Å²) in [5, 5.41) is 11.3. The molecule has 0 rings (SSSR count). The molecule has 0 saturated carbocycles. The van der Waals surface area contributed by atoms with Crippen LogP contribution in [0.5, 0.6) is 0 Å². The van der Waals surface area contributed by atoms with Gasteiger partial charge in [0, 0.05) is 19.2 Å². The molecule has 0 aromatic rings. The lowest BCUT2D eigenvalue weighted by Crippen LogP contribution is -2.21. The van der Waals surface area contributed by atoms with Crippen molar-refractivity contribution in [3.63, 3.8) is 0 Å². The Morgan fingerprint density at radius 1 is 1.62 bits per heavy atom. The van der Waals surface area contributed by atoms with E-state index in [-0.39, 0.29) is 6.10 Å². The van der Waals surface area contributed by atoms with E-state index in [1.54, 1.807) is 6.08 Å². The van der Waals surface area contributed by atoms with Gasteiger partial charge in [-0.1, -0.05) is 6.08 Å². The zero-order chi connectivity index (χ0) is 10.1. The molecule has 0 aromatic heterocycles. The van der Waals surface area contributed by atoms with Gasteiger partial charge in [-0.25, -0.2) is 4.79 Å². The van der Waals surface area contributed by atoms with Crippen LogP contribution < -0.4 is 5.32 Å². The van der Waals surface area contributed by atoms with Crippen LogP contribution in [0, 0.1) is 0 Å². The fourth-order valence-electron chi connectivity index (χ4n) is 0.712. The molecule has 0 amide bonds. The minimum atomic E-state index is -0.916. The molecule has 0 radical (unpaired) electrons. The molecule has 0 saturated heterocycles. The van der Waals surface area contributed by atoms with Crippen molar-refractivity contribution in [3.05, 3.63) is 12.2 Å². The van der Waals surface area contributed by atoms with Gasteiger partial charge in [-0.3, -0.25) is 0 Å². The van der Waals surface area contributed by atoms with Crippen molar-refractivity contribution in [1.29, 1.82) is 0 Å². The zero-order valence-corrected chi connectivity index (χ0v) is 8.12. The highest BCUT2D eigenvalue weighted by Gasteiger charge is 1.91. The molecule has 4 heteroatoms. The summed E-state index contributed by atoms with van der Waals surface area (Å²) in [5.41, 5.74) is 0. The summed E-state index contributed by atoms with van der Waals surface area (Å²) in [6.07, 6.45) is 2.94. The fourth-order valence-corrected chi connectivity index (χ4v) is 0.712. The van der Waals surface area contributed by atoms with Crippen molar-refractivity contribution in [1.82, 2.24) is 5.32 Å². The molecule has 0 aliphatic carbocycles. The predicted molar refractivity (Wildman–Crippen MR) is 50.7 cm³/mol. The Morgan fingerprint density at radius 3 is 2.85 bits per heavy atom. The van der Waals surface area contributed by atoms with Crippen LogP contribution in [0.2, 0.25) is 0 Å². The van der Waals surface area contributed by atoms with Crippen LogP contribution >= 0.6 is 0 Å². The molecule has 0 aliphatic rings. The normalized spacial score (nSPS) is 11.3. The van der Waals surface area contributed by atoms with Crippen molar-refractivity contribution in [2.75, 3.05) is 19.7 Å². The van der Waals surface area contributed by atoms with Crippen LogP contribution in [0.25, 0.3) is 0 Å². The lowest BCUT2D eigenvalue weighted by Gasteiger charge is -2.06. The van der Waals surface area contributed by atoms with E-state index in [2.05, 4.69) is 5.32 Å². The highest BCUT2D eigenvalue weighted by Crippen LogP contribution is 1.84. The number of rotatable bonds is 7. The minimum absolute atomic E-state index is 0.247. The minimum Gasteiger partial charge on any atom is -0.478 e.